The molecule has 0 spiro atoms. The zero-order chi connectivity index (χ0) is 14.7. The Morgan fingerprint density at radius 3 is 2.62 bits per heavy atom. The number of nitrogens with one attached hydrogen (secondary N) is 1. The van der Waals surface area contributed by atoms with Gasteiger partial charge in [0.2, 0.25) is 0 Å². The maximum atomic E-state index is 5.93. The molecule has 0 atom stereocenters. The Kier molecular flexibility index (Phi) is 5.38. The van der Waals surface area contributed by atoms with Crippen LogP contribution in [0.15, 0.2) is 38.6 Å². The highest BCUT2D eigenvalue weighted by Crippen LogP contribution is 2.35. The molecule has 0 unspecified atom stereocenters. The molecule has 5 heteroatoms. The molecule has 21 heavy (non-hydrogen) atoms. The molecule has 0 radical (unpaired) electrons. The van der Waals surface area contributed by atoms with Crippen molar-refractivity contribution in [2.45, 2.75) is 31.8 Å². The van der Waals surface area contributed by atoms with Gasteiger partial charge in [-0.15, -0.1) is 11.3 Å². The predicted molar refractivity (Wildman–Crippen MR) is 95.2 cm³/mol. The van der Waals surface area contributed by atoms with Gasteiger partial charge in [-0.2, -0.15) is 0 Å². The Morgan fingerprint density at radius 2 is 2.00 bits per heavy atom. The SMILES string of the molecule is Brc1cc(CNC2CC2)cc(Br)c1OCCc1cccs1. The van der Waals surface area contributed by atoms with Gasteiger partial charge in [-0.3, -0.25) is 0 Å². The van der Waals surface area contributed by atoms with Crippen molar-refractivity contribution in [3.8, 4) is 5.75 Å². The zero-order valence-corrected chi connectivity index (χ0v) is 15.6. The molecule has 0 bridgehead atoms. The second-order valence-electron chi connectivity index (χ2n) is 5.22. The summed E-state index contributed by atoms with van der Waals surface area (Å²) in [5, 5.41) is 5.63. The fraction of sp³-hybridized carbons (Fsp3) is 0.375. The molecule has 1 aromatic carbocycles. The molecule has 1 aliphatic carbocycles. The van der Waals surface area contributed by atoms with Gasteiger partial charge < -0.3 is 10.1 Å². The largest absolute Gasteiger partial charge is 0.491 e. The number of halogens is 2. The summed E-state index contributed by atoms with van der Waals surface area (Å²) >= 11 is 9.01. The molecule has 0 saturated heterocycles. The third kappa shape index (κ3) is 4.55. The molecule has 0 aliphatic heterocycles. The van der Waals surface area contributed by atoms with Gasteiger partial charge in [0, 0.05) is 23.9 Å². The van der Waals surface area contributed by atoms with Crippen molar-refractivity contribution >= 4 is 43.2 Å². The van der Waals surface area contributed by atoms with E-state index in [9.17, 15) is 0 Å². The van der Waals surface area contributed by atoms with E-state index in [-0.39, 0.29) is 0 Å². The summed E-state index contributed by atoms with van der Waals surface area (Å²) < 4.78 is 7.95. The van der Waals surface area contributed by atoms with Crippen LogP contribution in [-0.4, -0.2) is 12.6 Å². The summed E-state index contributed by atoms with van der Waals surface area (Å²) in [6.07, 6.45) is 3.57. The predicted octanol–water partition coefficient (Wildman–Crippen LogP) is 5.15. The van der Waals surface area contributed by atoms with E-state index in [0.29, 0.717) is 6.61 Å². The standard InChI is InChI=1S/C16H17Br2NOS/c17-14-8-11(10-19-12-3-4-12)9-15(18)16(14)20-6-5-13-2-1-7-21-13/h1-2,7-9,12,19H,3-6,10H2. The minimum absolute atomic E-state index is 0.692. The van der Waals surface area contributed by atoms with Crippen molar-refractivity contribution < 1.29 is 4.74 Å². The fourth-order valence-electron chi connectivity index (χ4n) is 2.11. The monoisotopic (exact) mass is 429 g/mol. The number of rotatable bonds is 7. The van der Waals surface area contributed by atoms with E-state index in [1.54, 1.807) is 11.3 Å². The summed E-state index contributed by atoms with van der Waals surface area (Å²) in [6.45, 7) is 1.61. The van der Waals surface area contributed by atoms with Gasteiger partial charge in [0.05, 0.1) is 15.6 Å². The summed E-state index contributed by atoms with van der Waals surface area (Å²) in [6, 6.07) is 9.23. The lowest BCUT2D eigenvalue weighted by Gasteiger charge is -2.12. The van der Waals surface area contributed by atoms with Crippen LogP contribution < -0.4 is 10.1 Å². The van der Waals surface area contributed by atoms with Gasteiger partial charge in [-0.05, 0) is 73.8 Å². The lowest BCUT2D eigenvalue weighted by molar-refractivity contribution is 0.319. The van der Waals surface area contributed by atoms with E-state index in [1.165, 1.54) is 23.3 Å². The molecule has 3 rings (SSSR count). The zero-order valence-electron chi connectivity index (χ0n) is 11.6. The molecule has 2 nitrogen and oxygen atoms in total. The molecule has 2 aromatic rings. The van der Waals surface area contributed by atoms with Gasteiger partial charge >= 0.3 is 0 Å². The Balaban J connectivity index is 1.58. The van der Waals surface area contributed by atoms with Crippen molar-refractivity contribution in [2.24, 2.45) is 0 Å². The molecule has 1 aliphatic rings. The van der Waals surface area contributed by atoms with Gasteiger partial charge in [0.15, 0.2) is 0 Å². The van der Waals surface area contributed by atoms with Crippen LogP contribution in [0.25, 0.3) is 0 Å². The van der Waals surface area contributed by atoms with Crippen molar-refractivity contribution in [1.82, 2.24) is 5.32 Å². The van der Waals surface area contributed by atoms with Crippen molar-refractivity contribution in [3.05, 3.63) is 49.0 Å². The molecule has 1 fully saturated rings. The first-order valence-electron chi connectivity index (χ1n) is 7.09. The molecular weight excluding hydrogens is 414 g/mol. The van der Waals surface area contributed by atoms with Crippen LogP contribution in [0, 0.1) is 0 Å². The topological polar surface area (TPSA) is 21.3 Å². The van der Waals surface area contributed by atoms with E-state index >= 15 is 0 Å². The van der Waals surface area contributed by atoms with Crippen molar-refractivity contribution in [2.75, 3.05) is 6.61 Å². The quantitative estimate of drug-likeness (QED) is 0.655. The van der Waals surface area contributed by atoms with Crippen LogP contribution in [0.5, 0.6) is 5.75 Å². The van der Waals surface area contributed by atoms with E-state index < -0.39 is 0 Å². The van der Waals surface area contributed by atoms with E-state index in [1.807, 2.05) is 0 Å². The van der Waals surface area contributed by atoms with Crippen LogP contribution in [-0.2, 0) is 13.0 Å². The van der Waals surface area contributed by atoms with Gasteiger partial charge in [-0.25, -0.2) is 0 Å². The van der Waals surface area contributed by atoms with E-state index in [4.69, 9.17) is 4.74 Å². The smallest absolute Gasteiger partial charge is 0.147 e. The molecule has 112 valence electrons. The lowest BCUT2D eigenvalue weighted by Crippen LogP contribution is -2.15. The van der Waals surface area contributed by atoms with Crippen LogP contribution >= 0.6 is 43.2 Å². The van der Waals surface area contributed by atoms with Gasteiger partial charge in [0.1, 0.15) is 5.75 Å². The van der Waals surface area contributed by atoms with E-state index in [2.05, 4.69) is 66.8 Å². The minimum atomic E-state index is 0.692. The fourth-order valence-corrected chi connectivity index (χ4v) is 4.31. The third-order valence-electron chi connectivity index (χ3n) is 3.41. The Bertz CT molecular complexity index is 573. The second kappa shape index (κ2) is 7.27. The number of benzene rings is 1. The van der Waals surface area contributed by atoms with Crippen LogP contribution in [0.4, 0.5) is 0 Å². The molecule has 1 saturated carbocycles. The first kappa shape index (κ1) is 15.5. The molecular formula is C16H17Br2NOS. The number of thiophene rings is 1. The Morgan fingerprint density at radius 1 is 1.24 bits per heavy atom. The number of hydrogen-bond acceptors (Lipinski definition) is 3. The minimum Gasteiger partial charge on any atom is -0.491 e. The van der Waals surface area contributed by atoms with Crippen LogP contribution in [0.1, 0.15) is 23.3 Å². The normalized spacial score (nSPS) is 14.4. The highest BCUT2D eigenvalue weighted by Gasteiger charge is 2.20. The Hall–Kier alpha value is -0.360. The summed E-state index contributed by atoms with van der Waals surface area (Å²) in [5.74, 6) is 0.890. The highest BCUT2D eigenvalue weighted by molar-refractivity contribution is 9.11. The maximum absolute atomic E-state index is 5.93. The summed E-state index contributed by atoms with van der Waals surface area (Å²) in [7, 11) is 0. The first-order chi connectivity index (χ1) is 10.2. The second-order valence-corrected chi connectivity index (χ2v) is 7.96. The summed E-state index contributed by atoms with van der Waals surface area (Å²) in [4.78, 5) is 1.35. The lowest BCUT2D eigenvalue weighted by atomic mass is 10.2. The molecule has 1 aromatic heterocycles. The van der Waals surface area contributed by atoms with E-state index in [0.717, 1.165) is 33.7 Å². The number of hydrogen-bond donors (Lipinski definition) is 1. The highest BCUT2D eigenvalue weighted by atomic mass is 79.9. The number of ether oxygens (including phenoxy) is 1. The van der Waals surface area contributed by atoms with Crippen molar-refractivity contribution in [1.29, 1.82) is 0 Å². The summed E-state index contributed by atoms with van der Waals surface area (Å²) in [5.41, 5.74) is 1.27. The first-order valence-corrected chi connectivity index (χ1v) is 9.55. The molecule has 1 N–H and O–H groups in total. The molecule has 1 heterocycles. The van der Waals surface area contributed by atoms with Crippen molar-refractivity contribution in [3.63, 3.8) is 0 Å². The van der Waals surface area contributed by atoms with Gasteiger partial charge in [-0.1, -0.05) is 6.07 Å². The average molecular weight is 431 g/mol. The molecule has 0 amide bonds. The van der Waals surface area contributed by atoms with Crippen LogP contribution in [0.3, 0.4) is 0 Å². The maximum Gasteiger partial charge on any atom is 0.147 e. The third-order valence-corrected chi connectivity index (χ3v) is 5.52. The average Bonchev–Trinajstić information content (AvgIpc) is 3.14. The van der Waals surface area contributed by atoms with Gasteiger partial charge in [0.25, 0.3) is 0 Å². The van der Waals surface area contributed by atoms with Crippen LogP contribution in [0.2, 0.25) is 0 Å². The Labute approximate surface area is 146 Å².